The number of rotatable bonds is 4. The van der Waals surface area contributed by atoms with Crippen molar-refractivity contribution in [2.75, 3.05) is 6.61 Å². The number of amidine groups is 1. The number of hydrogen-bond donors (Lipinski definition) is 2. The van der Waals surface area contributed by atoms with Gasteiger partial charge in [-0.1, -0.05) is 0 Å². The monoisotopic (exact) mass is 312 g/mol. The first-order valence-corrected chi connectivity index (χ1v) is 5.08. The highest BCUT2D eigenvalue weighted by Crippen LogP contribution is 2.33. The molecule has 1 aromatic carbocycles. The van der Waals surface area contributed by atoms with Crippen LogP contribution in [-0.4, -0.2) is 18.8 Å². The third kappa shape index (κ3) is 4.94. The van der Waals surface area contributed by atoms with Crippen molar-refractivity contribution in [2.45, 2.75) is 6.36 Å². The Morgan fingerprint density at radius 1 is 1.41 bits per heavy atom. The number of halogens is 4. The Hall–Kier alpha value is -1.44. The lowest BCUT2D eigenvalue weighted by Gasteiger charge is -2.11. The summed E-state index contributed by atoms with van der Waals surface area (Å²) in [7, 11) is 0. The van der Waals surface area contributed by atoms with Crippen LogP contribution in [0.25, 0.3) is 0 Å². The maximum absolute atomic E-state index is 12.0. The van der Waals surface area contributed by atoms with Gasteiger partial charge in [0.05, 0.1) is 4.47 Å². The van der Waals surface area contributed by atoms with E-state index in [1.54, 1.807) is 0 Å². The summed E-state index contributed by atoms with van der Waals surface area (Å²) in [5, 5.41) is 6.93. The zero-order valence-electron chi connectivity index (χ0n) is 8.34. The molecule has 0 bridgehead atoms. The van der Waals surface area contributed by atoms with Gasteiger partial charge in [0.15, 0.2) is 0 Å². The number of hydrogen-bond acceptors (Lipinski definition) is 3. The van der Waals surface area contributed by atoms with Gasteiger partial charge in [0, 0.05) is 0 Å². The van der Waals surface area contributed by atoms with E-state index in [1.165, 1.54) is 12.1 Å². The molecule has 0 radical (unpaired) electrons. The molecule has 0 saturated heterocycles. The molecule has 1 aromatic rings. The van der Waals surface area contributed by atoms with Crippen LogP contribution in [0.3, 0.4) is 0 Å². The molecule has 0 heterocycles. The van der Waals surface area contributed by atoms with Crippen LogP contribution in [0.5, 0.6) is 11.5 Å². The number of ether oxygens (including phenoxy) is 2. The minimum absolute atomic E-state index is 0.0934. The molecule has 0 aliphatic heterocycles. The highest BCUT2D eigenvalue weighted by Gasteiger charge is 2.31. The first-order chi connectivity index (χ1) is 7.78. The molecule has 4 nitrogen and oxygen atoms in total. The Bertz CT molecular complexity index is 423. The lowest BCUT2D eigenvalue weighted by molar-refractivity contribution is -0.274. The van der Waals surface area contributed by atoms with Crippen molar-refractivity contribution in [1.82, 2.24) is 0 Å². The van der Waals surface area contributed by atoms with Gasteiger partial charge in [-0.15, -0.1) is 13.2 Å². The minimum Gasteiger partial charge on any atom is -0.486 e. The number of nitrogens with two attached hydrogens (primary N) is 1. The molecule has 8 heteroatoms. The van der Waals surface area contributed by atoms with Crippen LogP contribution in [0, 0.1) is 5.41 Å². The predicted octanol–water partition coefficient (Wildman–Crippen LogP) is 2.66. The zero-order chi connectivity index (χ0) is 13.1. The summed E-state index contributed by atoms with van der Waals surface area (Å²) in [5.41, 5.74) is 5.06. The molecule has 0 saturated carbocycles. The van der Waals surface area contributed by atoms with Gasteiger partial charge in [-0.2, -0.15) is 0 Å². The molecule has 3 N–H and O–H groups in total. The lowest BCUT2D eigenvalue weighted by Crippen LogP contribution is -2.19. The molecule has 0 aliphatic rings. The summed E-state index contributed by atoms with van der Waals surface area (Å²) in [5.74, 6) is -0.272. The summed E-state index contributed by atoms with van der Waals surface area (Å²) >= 11 is 2.92. The molecule has 0 spiro atoms. The number of benzene rings is 1. The molecule has 0 aromatic heterocycles. The third-order valence-corrected chi connectivity index (χ3v) is 2.14. The summed E-state index contributed by atoms with van der Waals surface area (Å²) in [6.45, 7) is -0.133. The van der Waals surface area contributed by atoms with Gasteiger partial charge in [0.2, 0.25) is 0 Å². The molecular weight excluding hydrogens is 305 g/mol. The first kappa shape index (κ1) is 13.6. The first-order valence-electron chi connectivity index (χ1n) is 4.29. The Kier molecular flexibility index (Phi) is 4.22. The van der Waals surface area contributed by atoms with Gasteiger partial charge in [-0.05, 0) is 34.1 Å². The van der Waals surface area contributed by atoms with Crippen LogP contribution < -0.4 is 15.2 Å². The molecule has 94 valence electrons. The van der Waals surface area contributed by atoms with Crippen molar-refractivity contribution in [2.24, 2.45) is 5.73 Å². The fraction of sp³-hybridized carbons (Fsp3) is 0.222. The third-order valence-electron chi connectivity index (χ3n) is 1.52. The fourth-order valence-corrected chi connectivity index (χ4v) is 1.38. The minimum atomic E-state index is -4.75. The summed E-state index contributed by atoms with van der Waals surface area (Å²) in [6, 6.07) is 3.69. The maximum Gasteiger partial charge on any atom is 0.573 e. The van der Waals surface area contributed by atoms with Gasteiger partial charge < -0.3 is 15.2 Å². The van der Waals surface area contributed by atoms with Crippen LogP contribution in [0.1, 0.15) is 0 Å². The smallest absolute Gasteiger partial charge is 0.486 e. The van der Waals surface area contributed by atoms with E-state index < -0.39 is 6.36 Å². The van der Waals surface area contributed by atoms with Gasteiger partial charge >= 0.3 is 6.36 Å². The summed E-state index contributed by atoms with van der Waals surface area (Å²) in [4.78, 5) is 0. The van der Waals surface area contributed by atoms with Gasteiger partial charge in [0.25, 0.3) is 0 Å². The highest BCUT2D eigenvalue weighted by atomic mass is 79.9. The highest BCUT2D eigenvalue weighted by molar-refractivity contribution is 9.10. The SMILES string of the molecule is N=C(N)COc1ccc(OC(F)(F)F)c(Br)c1. The largest absolute Gasteiger partial charge is 0.573 e. The van der Waals surface area contributed by atoms with Crippen LogP contribution in [0.15, 0.2) is 22.7 Å². The maximum atomic E-state index is 12.0. The Labute approximate surface area is 103 Å². The Morgan fingerprint density at radius 3 is 2.53 bits per heavy atom. The molecule has 17 heavy (non-hydrogen) atoms. The van der Waals surface area contributed by atoms with E-state index in [0.717, 1.165) is 6.07 Å². The van der Waals surface area contributed by atoms with Crippen LogP contribution in [0.2, 0.25) is 0 Å². The van der Waals surface area contributed by atoms with Crippen LogP contribution in [0.4, 0.5) is 13.2 Å². The molecule has 0 fully saturated rings. The molecule has 0 amide bonds. The van der Waals surface area contributed by atoms with Crippen LogP contribution in [-0.2, 0) is 0 Å². The Morgan fingerprint density at radius 2 is 2.06 bits per heavy atom. The van der Waals surface area contributed by atoms with Gasteiger partial charge in [-0.25, -0.2) is 0 Å². The van der Waals surface area contributed by atoms with Crippen molar-refractivity contribution in [3.8, 4) is 11.5 Å². The second-order valence-electron chi connectivity index (χ2n) is 2.95. The average Bonchev–Trinajstić information content (AvgIpc) is 2.17. The van der Waals surface area contributed by atoms with Crippen molar-refractivity contribution in [1.29, 1.82) is 5.41 Å². The zero-order valence-corrected chi connectivity index (χ0v) is 9.93. The average molecular weight is 313 g/mol. The van der Waals surface area contributed by atoms with E-state index in [2.05, 4.69) is 20.7 Å². The molecule has 0 atom stereocenters. The van der Waals surface area contributed by atoms with E-state index in [4.69, 9.17) is 15.9 Å². The van der Waals surface area contributed by atoms with Crippen molar-refractivity contribution in [3.63, 3.8) is 0 Å². The number of alkyl halides is 3. The molecule has 1 rings (SSSR count). The molecule has 0 unspecified atom stereocenters. The van der Waals surface area contributed by atoms with E-state index in [1.807, 2.05) is 0 Å². The molecule has 0 aliphatic carbocycles. The predicted molar refractivity (Wildman–Crippen MR) is 58.2 cm³/mol. The lowest BCUT2D eigenvalue weighted by atomic mass is 10.3. The second kappa shape index (κ2) is 5.26. The quantitative estimate of drug-likeness (QED) is 0.663. The topological polar surface area (TPSA) is 68.3 Å². The Balaban J connectivity index is 2.76. The standard InChI is InChI=1S/C9H8BrF3N2O2/c10-6-3-5(16-4-8(14)15)1-2-7(6)17-9(11,12)13/h1-3H,4H2,(H3,14,15). The summed E-state index contributed by atoms with van der Waals surface area (Å²) in [6.07, 6.45) is -4.75. The second-order valence-corrected chi connectivity index (χ2v) is 3.81. The number of nitrogens with one attached hydrogen (secondary N) is 1. The van der Waals surface area contributed by atoms with E-state index in [9.17, 15) is 13.2 Å². The van der Waals surface area contributed by atoms with E-state index in [0.29, 0.717) is 0 Å². The van der Waals surface area contributed by atoms with E-state index >= 15 is 0 Å². The van der Waals surface area contributed by atoms with Gasteiger partial charge in [0.1, 0.15) is 23.9 Å². The molecular formula is C9H8BrF3N2O2. The van der Waals surface area contributed by atoms with Crippen molar-refractivity contribution >= 4 is 21.8 Å². The van der Waals surface area contributed by atoms with E-state index in [-0.39, 0.29) is 28.4 Å². The van der Waals surface area contributed by atoms with Crippen molar-refractivity contribution in [3.05, 3.63) is 22.7 Å². The summed E-state index contributed by atoms with van der Waals surface area (Å²) < 4.78 is 44.7. The fourth-order valence-electron chi connectivity index (χ4n) is 0.940. The normalized spacial score (nSPS) is 11.1. The van der Waals surface area contributed by atoms with Gasteiger partial charge in [-0.3, -0.25) is 5.41 Å². The van der Waals surface area contributed by atoms with Crippen LogP contribution >= 0.6 is 15.9 Å². The van der Waals surface area contributed by atoms with Crippen molar-refractivity contribution < 1.29 is 22.6 Å².